The number of ether oxygens (including phenoxy) is 1. The van der Waals surface area contributed by atoms with Gasteiger partial charge in [-0.25, -0.2) is 0 Å². The number of aryl methyl sites for hydroxylation is 2. The molecule has 0 aliphatic rings. The lowest BCUT2D eigenvalue weighted by atomic mass is 10.1. The van der Waals surface area contributed by atoms with Crippen molar-refractivity contribution in [2.24, 2.45) is 4.99 Å². The highest BCUT2D eigenvalue weighted by Crippen LogP contribution is 2.24. The summed E-state index contributed by atoms with van der Waals surface area (Å²) >= 11 is 10.9. The SMILES string of the molecule is CCOC(=O)Cn1c(=NC(=O)c2cc(Br)ccc2Cl)sc2cc(C)c(C)cc21. The molecule has 0 spiro atoms. The van der Waals surface area contributed by atoms with E-state index in [0.717, 1.165) is 25.8 Å². The van der Waals surface area contributed by atoms with Crippen molar-refractivity contribution in [3.63, 3.8) is 0 Å². The number of hydrogen-bond acceptors (Lipinski definition) is 4. The van der Waals surface area contributed by atoms with Crippen molar-refractivity contribution in [2.75, 3.05) is 6.61 Å². The molecular weight excluding hydrogens is 464 g/mol. The third-order valence-electron chi connectivity index (χ3n) is 4.25. The van der Waals surface area contributed by atoms with Gasteiger partial charge in [-0.2, -0.15) is 4.99 Å². The van der Waals surface area contributed by atoms with Crippen molar-refractivity contribution in [1.82, 2.24) is 4.57 Å². The largest absolute Gasteiger partial charge is 0.465 e. The Morgan fingerprint density at radius 3 is 2.64 bits per heavy atom. The number of hydrogen-bond donors (Lipinski definition) is 0. The lowest BCUT2D eigenvalue weighted by Gasteiger charge is -2.07. The smallest absolute Gasteiger partial charge is 0.326 e. The van der Waals surface area contributed by atoms with Crippen molar-refractivity contribution < 1.29 is 14.3 Å². The van der Waals surface area contributed by atoms with Gasteiger partial charge in [0.25, 0.3) is 5.91 Å². The normalized spacial score (nSPS) is 11.8. The zero-order chi connectivity index (χ0) is 20.4. The lowest BCUT2D eigenvalue weighted by Crippen LogP contribution is -2.23. The maximum absolute atomic E-state index is 12.8. The van der Waals surface area contributed by atoms with Crippen LogP contribution < -0.4 is 4.80 Å². The summed E-state index contributed by atoms with van der Waals surface area (Å²) in [6.07, 6.45) is 0. The molecular formula is C20H18BrClN2O3S. The molecule has 146 valence electrons. The number of fused-ring (bicyclic) bond motifs is 1. The van der Waals surface area contributed by atoms with E-state index in [1.165, 1.54) is 11.3 Å². The number of amides is 1. The molecule has 0 aliphatic carbocycles. The molecule has 0 bridgehead atoms. The molecule has 8 heteroatoms. The van der Waals surface area contributed by atoms with Gasteiger partial charge in [-0.15, -0.1) is 0 Å². The van der Waals surface area contributed by atoms with Gasteiger partial charge in [0.2, 0.25) is 0 Å². The Morgan fingerprint density at radius 2 is 1.93 bits per heavy atom. The third kappa shape index (κ3) is 4.37. The zero-order valence-electron chi connectivity index (χ0n) is 15.6. The number of thiazole rings is 1. The van der Waals surface area contributed by atoms with Crippen LogP contribution in [0.25, 0.3) is 10.2 Å². The van der Waals surface area contributed by atoms with Gasteiger partial charge < -0.3 is 9.30 Å². The fourth-order valence-electron chi connectivity index (χ4n) is 2.70. The van der Waals surface area contributed by atoms with E-state index in [1.807, 2.05) is 26.0 Å². The summed E-state index contributed by atoms with van der Waals surface area (Å²) in [6, 6.07) is 9.05. The van der Waals surface area contributed by atoms with Crippen molar-refractivity contribution >= 4 is 61.0 Å². The molecule has 0 saturated heterocycles. The molecule has 3 rings (SSSR count). The molecule has 3 aromatic rings. The van der Waals surface area contributed by atoms with Gasteiger partial charge >= 0.3 is 5.97 Å². The van der Waals surface area contributed by atoms with E-state index in [4.69, 9.17) is 16.3 Å². The molecule has 2 aromatic carbocycles. The van der Waals surface area contributed by atoms with E-state index in [9.17, 15) is 9.59 Å². The van der Waals surface area contributed by atoms with Gasteiger partial charge in [-0.1, -0.05) is 38.9 Å². The second-order valence-electron chi connectivity index (χ2n) is 6.22. The predicted octanol–water partition coefficient (Wildman–Crippen LogP) is 5.04. The minimum Gasteiger partial charge on any atom is -0.465 e. The van der Waals surface area contributed by atoms with Gasteiger partial charge in [0.05, 0.1) is 27.4 Å². The first kappa shape index (κ1) is 20.8. The molecule has 0 N–H and O–H groups in total. The Bertz CT molecular complexity index is 1150. The van der Waals surface area contributed by atoms with Crippen LogP contribution in [0.2, 0.25) is 5.02 Å². The van der Waals surface area contributed by atoms with Crippen molar-refractivity contribution in [1.29, 1.82) is 0 Å². The molecule has 5 nitrogen and oxygen atoms in total. The average Bonchev–Trinajstić information content (AvgIpc) is 2.94. The Hall–Kier alpha value is -1.96. The maximum atomic E-state index is 12.8. The zero-order valence-corrected chi connectivity index (χ0v) is 18.7. The third-order valence-corrected chi connectivity index (χ3v) is 6.11. The van der Waals surface area contributed by atoms with Crippen molar-refractivity contribution in [2.45, 2.75) is 27.3 Å². The second kappa shape index (κ2) is 8.59. The van der Waals surface area contributed by atoms with E-state index < -0.39 is 5.91 Å². The molecule has 28 heavy (non-hydrogen) atoms. The van der Waals surface area contributed by atoms with E-state index in [2.05, 4.69) is 20.9 Å². The van der Waals surface area contributed by atoms with Crippen LogP contribution in [0, 0.1) is 13.8 Å². The molecule has 1 aromatic heterocycles. The first-order valence-corrected chi connectivity index (χ1v) is 10.6. The summed E-state index contributed by atoms with van der Waals surface area (Å²) in [5.74, 6) is -0.848. The van der Waals surface area contributed by atoms with Crippen LogP contribution in [0.5, 0.6) is 0 Å². The first-order valence-electron chi connectivity index (χ1n) is 8.60. The number of halogens is 2. The van der Waals surface area contributed by atoms with Gasteiger partial charge in [-0.3, -0.25) is 9.59 Å². The number of aromatic nitrogens is 1. The van der Waals surface area contributed by atoms with Crippen molar-refractivity contribution in [3.8, 4) is 0 Å². The van der Waals surface area contributed by atoms with E-state index in [-0.39, 0.29) is 12.5 Å². The number of carbonyl (C=O) groups excluding carboxylic acids is 2. The first-order chi connectivity index (χ1) is 13.3. The Morgan fingerprint density at radius 1 is 1.21 bits per heavy atom. The quantitative estimate of drug-likeness (QED) is 0.491. The van der Waals surface area contributed by atoms with E-state index in [1.54, 1.807) is 29.7 Å². The Labute approximate surface area is 179 Å². The summed E-state index contributed by atoms with van der Waals surface area (Å²) in [4.78, 5) is 29.6. The van der Waals surface area contributed by atoms with E-state index in [0.29, 0.717) is 22.0 Å². The standard InChI is InChI=1S/C20H18BrClN2O3S/c1-4-27-18(25)10-24-16-7-11(2)12(3)8-17(16)28-20(24)23-19(26)14-9-13(21)5-6-15(14)22/h5-9H,4,10H2,1-3H3. The molecule has 0 radical (unpaired) electrons. The summed E-state index contributed by atoms with van der Waals surface area (Å²) in [5.41, 5.74) is 3.36. The van der Waals surface area contributed by atoms with Crippen LogP contribution in [0.15, 0.2) is 39.8 Å². The molecule has 0 unspecified atom stereocenters. The van der Waals surface area contributed by atoms with Gasteiger partial charge in [0.15, 0.2) is 4.80 Å². The summed E-state index contributed by atoms with van der Waals surface area (Å²) in [7, 11) is 0. The summed E-state index contributed by atoms with van der Waals surface area (Å²) in [6.45, 7) is 6.05. The molecule has 1 amide bonds. The molecule has 0 atom stereocenters. The second-order valence-corrected chi connectivity index (χ2v) is 8.55. The van der Waals surface area contributed by atoms with Crippen LogP contribution >= 0.6 is 38.9 Å². The monoisotopic (exact) mass is 480 g/mol. The topological polar surface area (TPSA) is 60.7 Å². The number of nitrogens with zero attached hydrogens (tertiary/aromatic N) is 2. The maximum Gasteiger partial charge on any atom is 0.326 e. The molecule has 1 heterocycles. The number of esters is 1. The number of rotatable bonds is 4. The van der Waals surface area contributed by atoms with Gasteiger partial charge in [0.1, 0.15) is 6.54 Å². The fraction of sp³-hybridized carbons (Fsp3) is 0.250. The molecule has 0 saturated carbocycles. The minimum absolute atomic E-state index is 0.0192. The molecule has 0 aliphatic heterocycles. The number of carbonyl (C=O) groups is 2. The van der Waals surface area contributed by atoms with Crippen LogP contribution in [-0.4, -0.2) is 23.1 Å². The lowest BCUT2D eigenvalue weighted by molar-refractivity contribution is -0.143. The van der Waals surface area contributed by atoms with E-state index >= 15 is 0 Å². The van der Waals surface area contributed by atoms with Crippen LogP contribution in [-0.2, 0) is 16.1 Å². The number of benzene rings is 2. The highest BCUT2D eigenvalue weighted by Gasteiger charge is 2.15. The fourth-order valence-corrected chi connectivity index (χ4v) is 4.37. The minimum atomic E-state index is -0.469. The summed E-state index contributed by atoms with van der Waals surface area (Å²) < 4.78 is 8.48. The summed E-state index contributed by atoms with van der Waals surface area (Å²) in [5, 5.41) is 0.321. The van der Waals surface area contributed by atoms with Gasteiger partial charge in [-0.05, 0) is 62.2 Å². The van der Waals surface area contributed by atoms with Crippen LogP contribution in [0.1, 0.15) is 28.4 Å². The Kier molecular flexibility index (Phi) is 6.37. The van der Waals surface area contributed by atoms with Crippen LogP contribution in [0.3, 0.4) is 0 Å². The predicted molar refractivity (Wildman–Crippen MR) is 115 cm³/mol. The highest BCUT2D eigenvalue weighted by molar-refractivity contribution is 9.10. The highest BCUT2D eigenvalue weighted by atomic mass is 79.9. The van der Waals surface area contributed by atoms with Crippen molar-refractivity contribution in [3.05, 3.63) is 61.3 Å². The van der Waals surface area contributed by atoms with Crippen LogP contribution in [0.4, 0.5) is 0 Å². The molecule has 0 fully saturated rings. The average molecular weight is 482 g/mol. The van der Waals surface area contributed by atoms with Gasteiger partial charge in [0, 0.05) is 4.47 Å². The Balaban J connectivity index is 2.18.